The second-order valence-electron chi connectivity index (χ2n) is 7.39. The minimum Gasteiger partial charge on any atom is -0.349 e. The van der Waals surface area contributed by atoms with Crippen LogP contribution in [0, 0.1) is 0 Å². The zero-order valence-corrected chi connectivity index (χ0v) is 16.2. The quantitative estimate of drug-likeness (QED) is 0.534. The van der Waals surface area contributed by atoms with E-state index >= 15 is 0 Å². The Labute approximate surface area is 173 Å². The second-order valence-corrected chi connectivity index (χ2v) is 7.39. The lowest BCUT2D eigenvalue weighted by atomic mass is 10.1. The van der Waals surface area contributed by atoms with E-state index in [1.54, 1.807) is 6.07 Å². The molecule has 0 radical (unpaired) electrons. The standard InChI is InChI=1S/C24H20N4O2/c29-21-13-22(26-16-7-3-1-4-8-16)28(18-9-5-2-6-10-18)23-19(21)14-25-15-20(23)24(30)27-17-11-12-17/h1-10,13-15,17,26H,11-12H2,(H,27,30). The second kappa shape index (κ2) is 7.48. The van der Waals surface area contributed by atoms with Crippen molar-refractivity contribution >= 4 is 28.3 Å². The molecule has 2 heterocycles. The third-order valence-corrected chi connectivity index (χ3v) is 5.13. The van der Waals surface area contributed by atoms with Crippen molar-refractivity contribution in [3.8, 4) is 5.69 Å². The van der Waals surface area contributed by atoms with Crippen molar-refractivity contribution in [2.75, 3.05) is 5.32 Å². The van der Waals surface area contributed by atoms with Gasteiger partial charge < -0.3 is 10.6 Å². The number of nitrogens with one attached hydrogen (secondary N) is 2. The molecule has 0 aliphatic heterocycles. The van der Waals surface area contributed by atoms with E-state index in [2.05, 4.69) is 15.6 Å². The lowest BCUT2D eigenvalue weighted by Crippen LogP contribution is -2.27. The normalized spacial score (nSPS) is 13.2. The van der Waals surface area contributed by atoms with Crippen LogP contribution >= 0.6 is 0 Å². The molecule has 0 saturated heterocycles. The number of nitrogens with zero attached hydrogens (tertiary/aromatic N) is 2. The summed E-state index contributed by atoms with van der Waals surface area (Å²) in [5.41, 5.74) is 2.42. The highest BCUT2D eigenvalue weighted by atomic mass is 16.1. The predicted octanol–water partition coefficient (Wildman–Crippen LogP) is 4.02. The van der Waals surface area contributed by atoms with Gasteiger partial charge in [-0.1, -0.05) is 36.4 Å². The lowest BCUT2D eigenvalue weighted by Gasteiger charge is -2.20. The molecule has 6 heteroatoms. The molecule has 2 aromatic carbocycles. The van der Waals surface area contributed by atoms with Gasteiger partial charge in [-0.05, 0) is 37.1 Å². The van der Waals surface area contributed by atoms with E-state index in [0.29, 0.717) is 22.3 Å². The fourth-order valence-corrected chi connectivity index (χ4v) is 3.53. The van der Waals surface area contributed by atoms with Crippen molar-refractivity contribution in [2.24, 2.45) is 0 Å². The summed E-state index contributed by atoms with van der Waals surface area (Å²) in [7, 11) is 0. The molecule has 1 amide bonds. The van der Waals surface area contributed by atoms with Crippen molar-refractivity contribution in [3.63, 3.8) is 0 Å². The van der Waals surface area contributed by atoms with Crippen LogP contribution in [-0.2, 0) is 0 Å². The number of para-hydroxylation sites is 2. The van der Waals surface area contributed by atoms with Crippen molar-refractivity contribution < 1.29 is 4.79 Å². The van der Waals surface area contributed by atoms with Crippen LogP contribution in [0.2, 0.25) is 0 Å². The van der Waals surface area contributed by atoms with Gasteiger partial charge in [0.25, 0.3) is 5.91 Å². The molecule has 1 fully saturated rings. The van der Waals surface area contributed by atoms with Crippen LogP contribution in [0.15, 0.2) is 83.9 Å². The molecule has 0 bridgehead atoms. The Kier molecular flexibility index (Phi) is 4.52. The Morgan fingerprint density at radius 1 is 0.967 bits per heavy atom. The van der Waals surface area contributed by atoms with E-state index in [0.717, 1.165) is 24.2 Å². The number of anilines is 2. The van der Waals surface area contributed by atoms with Crippen molar-refractivity contribution in [2.45, 2.75) is 18.9 Å². The van der Waals surface area contributed by atoms with Gasteiger partial charge in [-0.15, -0.1) is 0 Å². The molecular formula is C24H20N4O2. The Bertz CT molecular complexity index is 1280. The number of fused-ring (bicyclic) bond motifs is 1. The third-order valence-electron chi connectivity index (χ3n) is 5.13. The number of hydrogen-bond acceptors (Lipinski definition) is 4. The van der Waals surface area contributed by atoms with Gasteiger partial charge in [0.05, 0.1) is 16.5 Å². The van der Waals surface area contributed by atoms with Crippen LogP contribution in [0.1, 0.15) is 23.2 Å². The fraction of sp³-hybridized carbons (Fsp3) is 0.125. The van der Waals surface area contributed by atoms with Crippen LogP contribution < -0.4 is 16.1 Å². The molecule has 30 heavy (non-hydrogen) atoms. The van der Waals surface area contributed by atoms with Gasteiger partial charge in [-0.25, -0.2) is 0 Å². The number of hydrogen-bond donors (Lipinski definition) is 2. The molecule has 148 valence electrons. The van der Waals surface area contributed by atoms with E-state index in [9.17, 15) is 9.59 Å². The molecule has 2 aromatic heterocycles. The summed E-state index contributed by atoms with van der Waals surface area (Å²) < 4.78 is 1.91. The minimum atomic E-state index is -0.212. The monoisotopic (exact) mass is 396 g/mol. The molecule has 5 rings (SSSR count). The molecule has 0 atom stereocenters. The molecule has 1 aliphatic carbocycles. The lowest BCUT2D eigenvalue weighted by molar-refractivity contribution is 0.0952. The summed E-state index contributed by atoms with van der Waals surface area (Å²) in [4.78, 5) is 30.1. The zero-order valence-electron chi connectivity index (χ0n) is 16.2. The first-order valence-corrected chi connectivity index (χ1v) is 9.93. The van der Waals surface area contributed by atoms with Gasteiger partial charge in [0.2, 0.25) is 0 Å². The van der Waals surface area contributed by atoms with E-state index < -0.39 is 0 Å². The first-order valence-electron chi connectivity index (χ1n) is 9.93. The first kappa shape index (κ1) is 18.1. The summed E-state index contributed by atoms with van der Waals surface area (Å²) in [6, 6.07) is 21.1. The van der Waals surface area contributed by atoms with E-state index in [1.165, 1.54) is 12.4 Å². The highest BCUT2D eigenvalue weighted by Crippen LogP contribution is 2.28. The number of amides is 1. The Balaban J connectivity index is 1.78. The summed E-state index contributed by atoms with van der Waals surface area (Å²) in [5.74, 6) is 0.369. The molecule has 4 aromatic rings. The Hall–Kier alpha value is -3.93. The minimum absolute atomic E-state index is 0.191. The van der Waals surface area contributed by atoms with Gasteiger partial charge in [-0.2, -0.15) is 0 Å². The Morgan fingerprint density at radius 3 is 2.37 bits per heavy atom. The molecule has 1 saturated carbocycles. The average molecular weight is 396 g/mol. The van der Waals surface area contributed by atoms with Crippen LogP contribution in [-0.4, -0.2) is 21.5 Å². The summed E-state index contributed by atoms with van der Waals surface area (Å²) in [5, 5.41) is 6.75. The fourth-order valence-electron chi connectivity index (χ4n) is 3.53. The molecule has 0 spiro atoms. The van der Waals surface area contributed by atoms with E-state index in [4.69, 9.17) is 0 Å². The van der Waals surface area contributed by atoms with Gasteiger partial charge in [-0.3, -0.25) is 19.1 Å². The van der Waals surface area contributed by atoms with Crippen molar-refractivity contribution in [3.05, 3.63) is 94.9 Å². The molecule has 1 aliphatic rings. The zero-order chi connectivity index (χ0) is 20.5. The first-order chi connectivity index (χ1) is 14.7. The maximum Gasteiger partial charge on any atom is 0.255 e. The molecule has 0 unspecified atom stereocenters. The van der Waals surface area contributed by atoms with Gasteiger partial charge >= 0.3 is 0 Å². The van der Waals surface area contributed by atoms with Gasteiger partial charge in [0, 0.05) is 35.9 Å². The third kappa shape index (κ3) is 3.43. The van der Waals surface area contributed by atoms with Crippen molar-refractivity contribution in [1.29, 1.82) is 0 Å². The maximum atomic E-state index is 13.0. The van der Waals surface area contributed by atoms with Crippen molar-refractivity contribution in [1.82, 2.24) is 14.9 Å². The number of benzene rings is 2. The summed E-state index contributed by atoms with van der Waals surface area (Å²) in [6.07, 6.45) is 5.02. The number of rotatable bonds is 5. The number of aromatic nitrogens is 2. The van der Waals surface area contributed by atoms with Gasteiger partial charge in [0.1, 0.15) is 5.82 Å². The van der Waals surface area contributed by atoms with Crippen LogP contribution in [0.4, 0.5) is 11.5 Å². The number of carbonyl (C=O) groups is 1. The number of carbonyl (C=O) groups excluding carboxylic acids is 1. The van der Waals surface area contributed by atoms with E-state index in [-0.39, 0.29) is 17.4 Å². The average Bonchev–Trinajstić information content (AvgIpc) is 3.59. The van der Waals surface area contributed by atoms with Gasteiger partial charge in [0.15, 0.2) is 5.43 Å². The topological polar surface area (TPSA) is 76.0 Å². The largest absolute Gasteiger partial charge is 0.349 e. The maximum absolute atomic E-state index is 13.0. The summed E-state index contributed by atoms with van der Waals surface area (Å²) >= 11 is 0. The number of pyridine rings is 2. The molecule has 6 nitrogen and oxygen atoms in total. The predicted molar refractivity (Wildman–Crippen MR) is 118 cm³/mol. The molecule has 2 N–H and O–H groups in total. The van der Waals surface area contributed by atoms with E-state index in [1.807, 2.05) is 65.2 Å². The smallest absolute Gasteiger partial charge is 0.255 e. The van der Waals surface area contributed by atoms with Crippen LogP contribution in [0.25, 0.3) is 16.6 Å². The SMILES string of the molecule is O=C(NC1CC1)c1cncc2c(=O)cc(Nc3ccccc3)n(-c3ccccc3)c12. The Morgan fingerprint density at radius 2 is 1.67 bits per heavy atom. The van der Waals surface area contributed by atoms with Crippen LogP contribution in [0.5, 0.6) is 0 Å². The summed E-state index contributed by atoms with van der Waals surface area (Å²) in [6.45, 7) is 0. The van der Waals surface area contributed by atoms with Crippen LogP contribution in [0.3, 0.4) is 0 Å². The highest BCUT2D eigenvalue weighted by Gasteiger charge is 2.26. The molecular weight excluding hydrogens is 376 g/mol. The highest BCUT2D eigenvalue weighted by molar-refractivity contribution is 6.06.